The summed E-state index contributed by atoms with van der Waals surface area (Å²) in [6.07, 6.45) is 6.37. The lowest BCUT2D eigenvalue weighted by atomic mass is 9.78. The zero-order valence-corrected chi connectivity index (χ0v) is 21.2. The Morgan fingerprint density at radius 3 is 2.00 bits per heavy atom. The first kappa shape index (κ1) is 27.5. The summed E-state index contributed by atoms with van der Waals surface area (Å²) in [6, 6.07) is 10.6. The van der Waals surface area contributed by atoms with Crippen LogP contribution < -0.4 is 0 Å². The standard InChI is InChI=1S/C31H34F6/c1-2-3-4-20-5-7-21(8-6-20)9-10-22-12-16-26-25(17-22)15-14-24(30(26)34)13-11-23-18-27(32)29(28(33)19-23)31(35,36)37/h12,14-21H,2-11,13H2,1H3. The Hall–Kier alpha value is -2.50. The van der Waals surface area contributed by atoms with Crippen molar-refractivity contribution in [3.63, 3.8) is 0 Å². The van der Waals surface area contributed by atoms with Crippen molar-refractivity contribution in [3.05, 3.63) is 82.2 Å². The molecule has 0 unspecified atom stereocenters. The van der Waals surface area contributed by atoms with E-state index in [4.69, 9.17) is 0 Å². The highest BCUT2D eigenvalue weighted by molar-refractivity contribution is 5.84. The number of hydrogen-bond acceptors (Lipinski definition) is 0. The van der Waals surface area contributed by atoms with Crippen molar-refractivity contribution in [1.82, 2.24) is 0 Å². The lowest BCUT2D eigenvalue weighted by Crippen LogP contribution is -2.15. The first-order valence-corrected chi connectivity index (χ1v) is 13.4. The molecule has 0 saturated heterocycles. The third-order valence-electron chi connectivity index (χ3n) is 7.94. The predicted molar refractivity (Wildman–Crippen MR) is 136 cm³/mol. The number of unbranched alkanes of at least 4 members (excludes halogenated alkanes) is 1. The van der Waals surface area contributed by atoms with E-state index in [1.165, 1.54) is 50.5 Å². The third-order valence-corrected chi connectivity index (χ3v) is 7.94. The second kappa shape index (κ2) is 11.9. The van der Waals surface area contributed by atoms with E-state index in [0.29, 0.717) is 23.1 Å². The largest absolute Gasteiger partial charge is 0.422 e. The summed E-state index contributed by atoms with van der Waals surface area (Å²) < 4.78 is 81.3. The van der Waals surface area contributed by atoms with Gasteiger partial charge in [-0.05, 0) is 71.7 Å². The molecular weight excluding hydrogens is 486 g/mol. The molecule has 1 fully saturated rings. The molecule has 0 atom stereocenters. The highest BCUT2D eigenvalue weighted by atomic mass is 19.4. The summed E-state index contributed by atoms with van der Waals surface area (Å²) in [4.78, 5) is 0. The fraction of sp³-hybridized carbons (Fsp3) is 0.484. The summed E-state index contributed by atoms with van der Waals surface area (Å²) >= 11 is 0. The second-order valence-corrected chi connectivity index (χ2v) is 10.6. The van der Waals surface area contributed by atoms with Crippen LogP contribution in [0.15, 0.2) is 42.5 Å². The van der Waals surface area contributed by atoms with E-state index in [2.05, 4.69) is 6.92 Å². The number of hydrogen-bond donors (Lipinski definition) is 0. The van der Waals surface area contributed by atoms with Gasteiger partial charge < -0.3 is 0 Å². The zero-order chi connectivity index (χ0) is 26.6. The molecule has 37 heavy (non-hydrogen) atoms. The van der Waals surface area contributed by atoms with E-state index in [1.807, 2.05) is 18.2 Å². The van der Waals surface area contributed by atoms with Crippen molar-refractivity contribution in [3.8, 4) is 0 Å². The summed E-state index contributed by atoms with van der Waals surface area (Å²) in [5.74, 6) is -2.06. The van der Waals surface area contributed by atoms with Crippen LogP contribution in [0.2, 0.25) is 0 Å². The maximum atomic E-state index is 15.2. The van der Waals surface area contributed by atoms with Crippen molar-refractivity contribution in [2.45, 2.75) is 83.7 Å². The molecule has 0 aromatic heterocycles. The highest BCUT2D eigenvalue weighted by Gasteiger charge is 2.37. The minimum atomic E-state index is -5.11. The molecule has 200 valence electrons. The van der Waals surface area contributed by atoms with Crippen LogP contribution >= 0.6 is 0 Å². The van der Waals surface area contributed by atoms with E-state index in [9.17, 15) is 22.0 Å². The predicted octanol–water partition coefficient (Wildman–Crippen LogP) is 9.99. The number of alkyl halides is 3. The number of aryl methyl sites for hydroxylation is 3. The van der Waals surface area contributed by atoms with Crippen molar-refractivity contribution < 1.29 is 26.3 Å². The topological polar surface area (TPSA) is 0 Å². The molecule has 0 amide bonds. The van der Waals surface area contributed by atoms with Crippen molar-refractivity contribution in [2.24, 2.45) is 11.8 Å². The smallest absolute Gasteiger partial charge is 0.206 e. The van der Waals surface area contributed by atoms with Crippen LogP contribution in [0, 0.1) is 29.3 Å². The maximum absolute atomic E-state index is 15.2. The maximum Gasteiger partial charge on any atom is 0.422 e. The lowest BCUT2D eigenvalue weighted by Gasteiger charge is -2.28. The molecule has 1 aliphatic carbocycles. The van der Waals surface area contributed by atoms with Gasteiger partial charge in [0, 0.05) is 5.39 Å². The molecule has 4 rings (SSSR count). The van der Waals surface area contributed by atoms with E-state index in [1.54, 1.807) is 12.1 Å². The van der Waals surface area contributed by atoms with Gasteiger partial charge in [-0.1, -0.05) is 82.2 Å². The fourth-order valence-corrected chi connectivity index (χ4v) is 5.73. The molecule has 3 aromatic carbocycles. The van der Waals surface area contributed by atoms with Gasteiger partial charge in [0.05, 0.1) is 0 Å². The van der Waals surface area contributed by atoms with E-state index in [0.717, 1.165) is 30.1 Å². The summed E-state index contributed by atoms with van der Waals surface area (Å²) in [5, 5.41) is 1.27. The van der Waals surface area contributed by atoms with Gasteiger partial charge in [-0.25, -0.2) is 13.2 Å². The van der Waals surface area contributed by atoms with Crippen molar-refractivity contribution in [2.75, 3.05) is 0 Å². The molecule has 0 heterocycles. The Labute approximate surface area is 215 Å². The van der Waals surface area contributed by atoms with Crippen LogP contribution in [0.4, 0.5) is 26.3 Å². The van der Waals surface area contributed by atoms with Gasteiger partial charge in [0.2, 0.25) is 0 Å². The molecule has 0 aliphatic heterocycles. The van der Waals surface area contributed by atoms with Crippen LogP contribution in [0.1, 0.15) is 80.5 Å². The quantitative estimate of drug-likeness (QED) is 0.246. The molecule has 0 N–H and O–H groups in total. The number of benzene rings is 3. The Kier molecular flexibility index (Phi) is 8.86. The molecule has 0 bridgehead atoms. The lowest BCUT2D eigenvalue weighted by molar-refractivity contribution is -0.142. The molecule has 0 nitrogen and oxygen atoms in total. The molecule has 1 saturated carbocycles. The summed E-state index contributed by atoms with van der Waals surface area (Å²) in [6.45, 7) is 2.25. The van der Waals surface area contributed by atoms with Crippen molar-refractivity contribution >= 4 is 10.8 Å². The fourth-order valence-electron chi connectivity index (χ4n) is 5.73. The average Bonchev–Trinajstić information content (AvgIpc) is 2.85. The van der Waals surface area contributed by atoms with Gasteiger partial charge in [0.25, 0.3) is 0 Å². The van der Waals surface area contributed by atoms with Gasteiger partial charge in [-0.3, -0.25) is 0 Å². The minimum absolute atomic E-state index is 0.0210. The normalized spacial score (nSPS) is 18.5. The van der Waals surface area contributed by atoms with Gasteiger partial charge in [-0.2, -0.15) is 13.2 Å². The van der Waals surface area contributed by atoms with Gasteiger partial charge in [0.1, 0.15) is 23.0 Å². The van der Waals surface area contributed by atoms with Crippen LogP contribution in [0.25, 0.3) is 10.8 Å². The van der Waals surface area contributed by atoms with Crippen LogP contribution in [-0.2, 0) is 25.4 Å². The summed E-state index contributed by atoms with van der Waals surface area (Å²) in [5.41, 5.74) is -0.301. The Balaban J connectivity index is 1.37. The first-order chi connectivity index (χ1) is 17.7. The van der Waals surface area contributed by atoms with Gasteiger partial charge in [0.15, 0.2) is 0 Å². The molecule has 1 aliphatic rings. The minimum Gasteiger partial charge on any atom is -0.206 e. The van der Waals surface area contributed by atoms with Crippen LogP contribution in [0.3, 0.4) is 0 Å². The van der Waals surface area contributed by atoms with E-state index in [-0.39, 0.29) is 18.4 Å². The van der Waals surface area contributed by atoms with Crippen molar-refractivity contribution in [1.29, 1.82) is 0 Å². The molecule has 0 radical (unpaired) electrons. The van der Waals surface area contributed by atoms with Crippen LogP contribution in [-0.4, -0.2) is 0 Å². The highest BCUT2D eigenvalue weighted by Crippen LogP contribution is 2.35. The van der Waals surface area contributed by atoms with Crippen LogP contribution in [0.5, 0.6) is 0 Å². The third kappa shape index (κ3) is 6.88. The first-order valence-electron chi connectivity index (χ1n) is 13.4. The molecular formula is C31H34F6. The molecule has 0 spiro atoms. The Morgan fingerprint density at radius 1 is 0.730 bits per heavy atom. The number of fused-ring (bicyclic) bond motifs is 1. The van der Waals surface area contributed by atoms with Gasteiger partial charge >= 0.3 is 6.18 Å². The van der Waals surface area contributed by atoms with E-state index < -0.39 is 29.2 Å². The Morgan fingerprint density at radius 2 is 1.38 bits per heavy atom. The summed E-state index contributed by atoms with van der Waals surface area (Å²) in [7, 11) is 0. The second-order valence-electron chi connectivity index (χ2n) is 10.6. The number of halogens is 6. The number of rotatable bonds is 9. The molecule has 3 aromatic rings. The molecule has 6 heteroatoms. The average molecular weight is 521 g/mol. The zero-order valence-electron chi connectivity index (χ0n) is 21.2. The SMILES string of the molecule is CCCCC1CCC(CCc2ccc3c(F)c(CCc4cc(F)c(C(F)(F)F)c(F)c4)ccc3c2)CC1. The van der Waals surface area contributed by atoms with Gasteiger partial charge in [-0.15, -0.1) is 0 Å². The van der Waals surface area contributed by atoms with E-state index >= 15 is 4.39 Å². The Bertz CT molecular complexity index is 1180. The monoisotopic (exact) mass is 520 g/mol.